The highest BCUT2D eigenvalue weighted by Gasteiger charge is 2.38. The molecule has 0 spiro atoms. The summed E-state index contributed by atoms with van der Waals surface area (Å²) in [5.74, 6) is -0.588. The molecule has 2 unspecified atom stereocenters. The van der Waals surface area contributed by atoms with Crippen molar-refractivity contribution in [3.05, 3.63) is 76.6 Å². The second-order valence-electron chi connectivity index (χ2n) is 12.3. The Morgan fingerprint density at radius 1 is 1.02 bits per heavy atom. The van der Waals surface area contributed by atoms with Gasteiger partial charge in [-0.25, -0.2) is 8.81 Å². The average molecular weight is 617 g/mol. The first-order chi connectivity index (χ1) is 21.5. The molecule has 3 heterocycles. The third-order valence-electron chi connectivity index (χ3n) is 9.64. The summed E-state index contributed by atoms with van der Waals surface area (Å²) in [7, 11) is 0. The number of likely N-dealkylation sites (tertiary alicyclic amines) is 1. The summed E-state index contributed by atoms with van der Waals surface area (Å²) in [5.41, 5.74) is 2.15. The molecule has 4 aliphatic rings. The smallest absolute Gasteiger partial charge is 0.254 e. The van der Waals surface area contributed by atoms with Crippen molar-refractivity contribution in [2.75, 3.05) is 44.6 Å². The number of carbonyl (C=O) groups excluding carboxylic acids is 2. The zero-order chi connectivity index (χ0) is 30.2. The van der Waals surface area contributed by atoms with Gasteiger partial charge in [-0.3, -0.25) is 9.59 Å². The SMILES string of the molecule is O=C(NCCC1CCCN1Cl)/C1=C/CCC2c3ccc4ccccc4c3Oc3c(NCCN4CCCC4)c(F)cc(c32)C1=O. The Kier molecular flexibility index (Phi) is 8.31. The van der Waals surface area contributed by atoms with Crippen molar-refractivity contribution < 1.29 is 18.7 Å². The number of anilines is 1. The second kappa shape index (κ2) is 12.5. The molecular formula is C35H38ClFN4O3. The fraction of sp³-hybridized carbons (Fsp3) is 0.429. The van der Waals surface area contributed by atoms with E-state index in [4.69, 9.17) is 16.5 Å². The van der Waals surface area contributed by atoms with Crippen molar-refractivity contribution in [3.8, 4) is 11.5 Å². The van der Waals surface area contributed by atoms with Crippen molar-refractivity contribution in [1.29, 1.82) is 0 Å². The maximum atomic E-state index is 16.1. The van der Waals surface area contributed by atoms with Crippen LogP contribution in [0, 0.1) is 5.82 Å². The van der Waals surface area contributed by atoms with Gasteiger partial charge in [0, 0.05) is 60.2 Å². The summed E-state index contributed by atoms with van der Waals surface area (Å²) >= 11 is 6.27. The number of rotatable bonds is 8. The highest BCUT2D eigenvalue weighted by atomic mass is 35.5. The van der Waals surface area contributed by atoms with Crippen LogP contribution in [-0.2, 0) is 4.79 Å². The third-order valence-corrected chi connectivity index (χ3v) is 10.1. The van der Waals surface area contributed by atoms with Crippen LogP contribution in [0.5, 0.6) is 11.5 Å². The number of allylic oxidation sites excluding steroid dienone is 1. The van der Waals surface area contributed by atoms with Crippen molar-refractivity contribution in [3.63, 3.8) is 0 Å². The van der Waals surface area contributed by atoms with Gasteiger partial charge in [-0.15, -0.1) is 0 Å². The third kappa shape index (κ3) is 5.48. The van der Waals surface area contributed by atoms with Gasteiger partial charge in [0.1, 0.15) is 11.4 Å². The minimum Gasteiger partial charge on any atom is -0.454 e. The molecule has 9 heteroatoms. The lowest BCUT2D eigenvalue weighted by molar-refractivity contribution is -0.117. The Bertz CT molecular complexity index is 1640. The molecule has 3 aromatic carbocycles. The normalized spacial score (nSPS) is 22.9. The van der Waals surface area contributed by atoms with Gasteiger partial charge in [0.25, 0.3) is 5.91 Å². The predicted octanol–water partition coefficient (Wildman–Crippen LogP) is 6.75. The highest BCUT2D eigenvalue weighted by molar-refractivity contribution is 6.26. The van der Waals surface area contributed by atoms with Crippen LogP contribution in [0.15, 0.2) is 54.1 Å². The summed E-state index contributed by atoms with van der Waals surface area (Å²) in [6.07, 6.45) is 8.00. The van der Waals surface area contributed by atoms with Gasteiger partial charge in [0.05, 0.1) is 5.57 Å². The molecule has 2 fully saturated rings. The van der Waals surface area contributed by atoms with Crippen LogP contribution in [0.2, 0.25) is 0 Å². The van der Waals surface area contributed by atoms with Gasteiger partial charge in [-0.05, 0) is 81.3 Å². The van der Waals surface area contributed by atoms with Crippen LogP contribution >= 0.6 is 11.8 Å². The van der Waals surface area contributed by atoms with Gasteiger partial charge in [-0.2, -0.15) is 0 Å². The van der Waals surface area contributed by atoms with Gasteiger partial charge >= 0.3 is 0 Å². The molecule has 7 rings (SSSR count). The Balaban J connectivity index is 1.23. The zero-order valence-electron chi connectivity index (χ0n) is 24.8. The number of carbonyl (C=O) groups is 2. The molecule has 0 radical (unpaired) electrons. The monoisotopic (exact) mass is 616 g/mol. The van der Waals surface area contributed by atoms with Crippen LogP contribution in [0.4, 0.5) is 10.1 Å². The van der Waals surface area contributed by atoms with E-state index in [0.717, 1.165) is 55.4 Å². The van der Waals surface area contributed by atoms with Crippen LogP contribution < -0.4 is 15.4 Å². The second-order valence-corrected chi connectivity index (χ2v) is 12.8. The standard InChI is InChI=1S/C35H38ClFN4O3/c36-41-19-6-8-23(41)14-15-39-35(43)27-11-5-10-25-26-13-12-22-7-1-2-9-24(22)33(26)44-34-30(25)28(32(27)42)21-29(37)31(34)38-16-20-40-17-3-4-18-40/h1-2,7,9,11-13,21,23,25,38H,3-6,8,10,14-20H2,(H,39,43)/b27-11+. The van der Waals surface area contributed by atoms with E-state index in [9.17, 15) is 9.59 Å². The van der Waals surface area contributed by atoms with Crippen molar-refractivity contribution >= 4 is 39.9 Å². The van der Waals surface area contributed by atoms with Gasteiger partial charge in [0.15, 0.2) is 17.3 Å². The summed E-state index contributed by atoms with van der Waals surface area (Å²) in [4.78, 5) is 29.8. The molecule has 2 saturated heterocycles. The first-order valence-corrected chi connectivity index (χ1v) is 16.3. The fourth-order valence-electron chi connectivity index (χ4n) is 7.36. The quantitative estimate of drug-likeness (QED) is 0.215. The molecule has 7 nitrogen and oxygen atoms in total. The van der Waals surface area contributed by atoms with Gasteiger partial charge in [-0.1, -0.05) is 42.5 Å². The number of ketones is 1. The number of hydrogen-bond acceptors (Lipinski definition) is 6. The van der Waals surface area contributed by atoms with E-state index in [-0.39, 0.29) is 28.8 Å². The van der Waals surface area contributed by atoms with E-state index in [1.165, 1.54) is 18.9 Å². The number of hydrogen-bond donors (Lipinski definition) is 2. The summed E-state index contributed by atoms with van der Waals surface area (Å²) in [5, 5.41) is 8.23. The van der Waals surface area contributed by atoms with E-state index in [2.05, 4.69) is 27.7 Å². The first kappa shape index (κ1) is 29.3. The fourth-order valence-corrected chi connectivity index (χ4v) is 7.67. The first-order valence-electron chi connectivity index (χ1n) is 16.0. The lowest BCUT2D eigenvalue weighted by Gasteiger charge is -2.33. The molecule has 0 bridgehead atoms. The molecule has 3 aromatic rings. The van der Waals surface area contributed by atoms with Crippen LogP contribution in [-0.4, -0.2) is 66.3 Å². The summed E-state index contributed by atoms with van der Waals surface area (Å²) in [6.45, 7) is 4.71. The number of nitrogens with zero attached hydrogens (tertiary/aromatic N) is 2. The van der Waals surface area contributed by atoms with E-state index in [1.807, 2.05) is 24.3 Å². The number of ether oxygens (including phenoxy) is 1. The molecule has 44 heavy (non-hydrogen) atoms. The summed E-state index contributed by atoms with van der Waals surface area (Å²) < 4.78 is 24.5. The number of Topliss-reactive ketones (excluding diaryl/α,β-unsaturated/α-hetero) is 1. The predicted molar refractivity (Wildman–Crippen MR) is 171 cm³/mol. The maximum Gasteiger partial charge on any atom is 0.254 e. The molecule has 1 amide bonds. The van der Waals surface area contributed by atoms with E-state index < -0.39 is 17.5 Å². The van der Waals surface area contributed by atoms with Crippen LogP contribution in [0.1, 0.15) is 72.3 Å². The van der Waals surface area contributed by atoms with Crippen molar-refractivity contribution in [1.82, 2.24) is 14.6 Å². The zero-order valence-corrected chi connectivity index (χ0v) is 25.6. The maximum absolute atomic E-state index is 16.1. The highest BCUT2D eigenvalue weighted by Crippen LogP contribution is 2.54. The Labute approximate surface area is 262 Å². The molecule has 1 aliphatic carbocycles. The van der Waals surface area contributed by atoms with E-state index >= 15 is 4.39 Å². The van der Waals surface area contributed by atoms with Gasteiger partial charge in [0.2, 0.25) is 0 Å². The van der Waals surface area contributed by atoms with E-state index in [0.29, 0.717) is 49.4 Å². The molecule has 230 valence electrons. The number of halogens is 2. The molecule has 2 atom stereocenters. The topological polar surface area (TPSA) is 73.9 Å². The Morgan fingerprint density at radius 3 is 2.68 bits per heavy atom. The largest absolute Gasteiger partial charge is 0.454 e. The molecule has 0 saturated carbocycles. The Morgan fingerprint density at radius 2 is 1.86 bits per heavy atom. The average Bonchev–Trinajstić information content (AvgIpc) is 3.70. The minimum absolute atomic E-state index is 0.0539. The van der Waals surface area contributed by atoms with Crippen molar-refractivity contribution in [2.45, 2.75) is 56.9 Å². The molecule has 0 aromatic heterocycles. The van der Waals surface area contributed by atoms with E-state index in [1.54, 1.807) is 10.5 Å². The van der Waals surface area contributed by atoms with Crippen LogP contribution in [0.25, 0.3) is 10.8 Å². The number of fused-ring (bicyclic) bond motifs is 4. The van der Waals surface area contributed by atoms with Crippen molar-refractivity contribution in [2.24, 2.45) is 0 Å². The number of nitrogens with one attached hydrogen (secondary N) is 2. The Hall–Kier alpha value is -3.46. The summed E-state index contributed by atoms with van der Waals surface area (Å²) in [6, 6.07) is 13.7. The molecule has 3 aliphatic heterocycles. The molecular weight excluding hydrogens is 579 g/mol. The molecule has 2 N–H and O–H groups in total. The van der Waals surface area contributed by atoms with Gasteiger partial charge < -0.3 is 20.3 Å². The van der Waals surface area contributed by atoms with Crippen LogP contribution in [0.3, 0.4) is 0 Å². The number of benzene rings is 3. The lowest BCUT2D eigenvalue weighted by Crippen LogP contribution is -2.33. The number of amides is 1. The lowest BCUT2D eigenvalue weighted by atomic mass is 9.77. The minimum atomic E-state index is -0.556.